The zero-order valence-corrected chi connectivity index (χ0v) is 16.4. The predicted molar refractivity (Wildman–Crippen MR) is 104 cm³/mol. The number of para-hydroxylation sites is 1. The molecule has 2 aromatic rings. The summed E-state index contributed by atoms with van der Waals surface area (Å²) in [5, 5.41) is 2.25. The van der Waals surface area contributed by atoms with Crippen LogP contribution in [0.15, 0.2) is 42.5 Å². The van der Waals surface area contributed by atoms with E-state index in [1.807, 2.05) is 0 Å². The van der Waals surface area contributed by atoms with Crippen LogP contribution in [0.3, 0.4) is 0 Å². The Morgan fingerprint density at radius 3 is 2.53 bits per heavy atom. The van der Waals surface area contributed by atoms with Crippen LogP contribution in [0.5, 0.6) is 5.75 Å². The smallest absolute Gasteiger partial charge is 0.416 e. The molecule has 0 spiro atoms. The molecule has 30 heavy (non-hydrogen) atoms. The van der Waals surface area contributed by atoms with Gasteiger partial charge in [0.2, 0.25) is 0 Å². The molecule has 1 fully saturated rings. The monoisotopic (exact) mass is 442 g/mol. The Morgan fingerprint density at radius 1 is 1.13 bits per heavy atom. The molecule has 0 radical (unpaired) electrons. The normalized spacial score (nSPS) is 14.3. The second kappa shape index (κ2) is 9.36. The fraction of sp³-hybridized carbons (Fsp3) is 0.300. The van der Waals surface area contributed by atoms with Crippen LogP contribution in [-0.2, 0) is 15.7 Å². The van der Waals surface area contributed by atoms with Crippen LogP contribution in [0, 0.1) is 0 Å². The number of carbonyl (C=O) groups is 2. The molecule has 1 aliphatic heterocycles. The molecule has 6 nitrogen and oxygen atoms in total. The van der Waals surface area contributed by atoms with Gasteiger partial charge < -0.3 is 19.7 Å². The minimum Gasteiger partial charge on any atom is -0.483 e. The number of alkyl halides is 3. The summed E-state index contributed by atoms with van der Waals surface area (Å²) in [6, 6.07) is 9.05. The molecule has 0 aliphatic carbocycles. The average Bonchev–Trinajstić information content (AvgIpc) is 2.73. The Balaban J connectivity index is 1.66. The second-order valence-corrected chi connectivity index (χ2v) is 6.84. The van der Waals surface area contributed by atoms with Crippen LogP contribution in [-0.4, -0.2) is 49.6 Å². The SMILES string of the molecule is O=C(COc1ccccc1C(=O)N1CCOCC1)Nc1cc(C(F)(F)F)ccc1Cl. The van der Waals surface area contributed by atoms with E-state index in [2.05, 4.69) is 5.32 Å². The van der Waals surface area contributed by atoms with Gasteiger partial charge >= 0.3 is 6.18 Å². The van der Waals surface area contributed by atoms with Gasteiger partial charge in [-0.1, -0.05) is 23.7 Å². The third-order valence-electron chi connectivity index (χ3n) is 4.34. The maximum absolute atomic E-state index is 12.9. The number of halogens is 4. The zero-order chi connectivity index (χ0) is 21.7. The van der Waals surface area contributed by atoms with E-state index in [1.165, 1.54) is 6.07 Å². The lowest BCUT2D eigenvalue weighted by atomic mass is 10.1. The Kier molecular flexibility index (Phi) is 6.84. The summed E-state index contributed by atoms with van der Waals surface area (Å²) in [6.07, 6.45) is -4.57. The van der Waals surface area contributed by atoms with Crippen LogP contribution in [0.25, 0.3) is 0 Å². The third kappa shape index (κ3) is 5.43. The molecule has 2 aromatic carbocycles. The third-order valence-corrected chi connectivity index (χ3v) is 4.67. The molecule has 0 aromatic heterocycles. The Hall–Kier alpha value is -2.78. The summed E-state index contributed by atoms with van der Waals surface area (Å²) in [7, 11) is 0. The van der Waals surface area contributed by atoms with Gasteiger partial charge in [-0.2, -0.15) is 13.2 Å². The zero-order valence-electron chi connectivity index (χ0n) is 15.7. The molecule has 1 heterocycles. The minimum absolute atomic E-state index is 0.0424. The number of hydrogen-bond donors (Lipinski definition) is 1. The van der Waals surface area contributed by atoms with Gasteiger partial charge in [0.25, 0.3) is 11.8 Å². The molecule has 1 aliphatic rings. The fourth-order valence-electron chi connectivity index (χ4n) is 2.83. The highest BCUT2D eigenvalue weighted by molar-refractivity contribution is 6.33. The lowest BCUT2D eigenvalue weighted by molar-refractivity contribution is -0.137. The predicted octanol–water partition coefficient (Wildman–Crippen LogP) is 3.85. The van der Waals surface area contributed by atoms with Crippen molar-refractivity contribution in [2.45, 2.75) is 6.18 Å². The van der Waals surface area contributed by atoms with Gasteiger partial charge in [-0.15, -0.1) is 0 Å². The Morgan fingerprint density at radius 2 is 1.83 bits per heavy atom. The highest BCUT2D eigenvalue weighted by Gasteiger charge is 2.31. The number of anilines is 1. The van der Waals surface area contributed by atoms with E-state index in [0.717, 1.165) is 18.2 Å². The highest BCUT2D eigenvalue weighted by atomic mass is 35.5. The van der Waals surface area contributed by atoms with Crippen molar-refractivity contribution in [2.24, 2.45) is 0 Å². The molecule has 0 atom stereocenters. The maximum Gasteiger partial charge on any atom is 0.416 e. The quantitative estimate of drug-likeness (QED) is 0.763. The molecule has 3 rings (SSSR count). The van der Waals surface area contributed by atoms with Crippen molar-refractivity contribution in [3.8, 4) is 5.75 Å². The van der Waals surface area contributed by atoms with E-state index in [-0.39, 0.29) is 27.9 Å². The molecule has 160 valence electrons. The first-order valence-electron chi connectivity index (χ1n) is 9.01. The van der Waals surface area contributed by atoms with Gasteiger partial charge in [0, 0.05) is 13.1 Å². The van der Waals surface area contributed by atoms with Gasteiger partial charge in [0.1, 0.15) is 5.75 Å². The summed E-state index contributed by atoms with van der Waals surface area (Å²) >= 11 is 5.88. The van der Waals surface area contributed by atoms with Crippen LogP contribution >= 0.6 is 11.6 Å². The van der Waals surface area contributed by atoms with Crippen LogP contribution in [0.2, 0.25) is 5.02 Å². The highest BCUT2D eigenvalue weighted by Crippen LogP contribution is 2.33. The number of benzene rings is 2. The molecule has 10 heteroatoms. The van der Waals surface area contributed by atoms with Gasteiger partial charge in [-0.05, 0) is 30.3 Å². The lowest BCUT2D eigenvalue weighted by Gasteiger charge is -2.27. The molecular weight excluding hydrogens is 425 g/mol. The van der Waals surface area contributed by atoms with Crippen molar-refractivity contribution in [3.05, 3.63) is 58.6 Å². The van der Waals surface area contributed by atoms with Crippen molar-refractivity contribution in [1.29, 1.82) is 0 Å². The summed E-state index contributed by atoms with van der Waals surface area (Å²) < 4.78 is 49.3. The summed E-state index contributed by atoms with van der Waals surface area (Å²) in [5.41, 5.74) is -0.841. The van der Waals surface area contributed by atoms with Crippen molar-refractivity contribution in [2.75, 3.05) is 38.2 Å². The number of carbonyl (C=O) groups excluding carboxylic acids is 2. The van der Waals surface area contributed by atoms with E-state index in [1.54, 1.807) is 23.1 Å². The number of hydrogen-bond acceptors (Lipinski definition) is 4. The van der Waals surface area contributed by atoms with Crippen molar-refractivity contribution in [1.82, 2.24) is 4.90 Å². The number of amides is 2. The summed E-state index contributed by atoms with van der Waals surface area (Å²) in [4.78, 5) is 26.5. The number of nitrogens with one attached hydrogen (secondary N) is 1. The number of nitrogens with zero attached hydrogens (tertiary/aromatic N) is 1. The summed E-state index contributed by atoms with van der Waals surface area (Å²) in [6.45, 7) is 1.26. The van der Waals surface area contributed by atoms with E-state index < -0.39 is 24.3 Å². The second-order valence-electron chi connectivity index (χ2n) is 6.43. The van der Waals surface area contributed by atoms with E-state index in [0.29, 0.717) is 26.3 Å². The standard InChI is InChI=1S/C20H18ClF3N2O4/c21-15-6-5-13(20(22,23)24)11-16(15)25-18(27)12-30-17-4-2-1-3-14(17)19(28)26-7-9-29-10-8-26/h1-6,11H,7-10,12H2,(H,25,27). The topological polar surface area (TPSA) is 67.9 Å². The molecule has 1 N–H and O–H groups in total. The number of rotatable bonds is 5. The maximum atomic E-state index is 12.9. The average molecular weight is 443 g/mol. The van der Waals surface area contributed by atoms with E-state index in [9.17, 15) is 22.8 Å². The van der Waals surface area contributed by atoms with Crippen LogP contribution in [0.4, 0.5) is 18.9 Å². The minimum atomic E-state index is -4.57. The lowest BCUT2D eigenvalue weighted by Crippen LogP contribution is -2.40. The Labute approximate surface area is 175 Å². The van der Waals surface area contributed by atoms with Crippen molar-refractivity contribution < 1.29 is 32.2 Å². The number of ether oxygens (including phenoxy) is 2. The molecule has 2 amide bonds. The molecule has 0 bridgehead atoms. The van der Waals surface area contributed by atoms with Gasteiger partial charge in [-0.3, -0.25) is 9.59 Å². The molecular formula is C20H18ClF3N2O4. The van der Waals surface area contributed by atoms with Gasteiger partial charge in [0.05, 0.1) is 35.1 Å². The van der Waals surface area contributed by atoms with E-state index >= 15 is 0 Å². The van der Waals surface area contributed by atoms with Crippen molar-refractivity contribution >= 4 is 29.1 Å². The first-order valence-corrected chi connectivity index (χ1v) is 9.39. The van der Waals surface area contributed by atoms with Crippen LogP contribution < -0.4 is 10.1 Å². The molecule has 0 saturated carbocycles. The summed E-state index contributed by atoms with van der Waals surface area (Å²) in [5.74, 6) is -0.778. The fourth-order valence-corrected chi connectivity index (χ4v) is 3.00. The van der Waals surface area contributed by atoms with Gasteiger partial charge in [-0.25, -0.2) is 0 Å². The van der Waals surface area contributed by atoms with Gasteiger partial charge in [0.15, 0.2) is 6.61 Å². The molecule has 0 unspecified atom stereocenters. The van der Waals surface area contributed by atoms with Crippen LogP contribution in [0.1, 0.15) is 15.9 Å². The first kappa shape index (κ1) is 21.9. The van der Waals surface area contributed by atoms with E-state index in [4.69, 9.17) is 21.1 Å². The number of morpholine rings is 1. The molecule has 1 saturated heterocycles. The van der Waals surface area contributed by atoms with Crippen molar-refractivity contribution in [3.63, 3.8) is 0 Å². The first-order chi connectivity index (χ1) is 14.3. The Bertz CT molecular complexity index is 931. The largest absolute Gasteiger partial charge is 0.483 e.